The van der Waals surface area contributed by atoms with Gasteiger partial charge in [0.15, 0.2) is 15.5 Å². The topological polar surface area (TPSA) is 94.0 Å². The van der Waals surface area contributed by atoms with Crippen molar-refractivity contribution in [1.29, 1.82) is 0 Å². The molecule has 198 valence electrons. The number of morpholine rings is 2. The largest absolute Gasteiger partial charge is 0.379 e. The molecule has 1 aliphatic carbocycles. The first-order chi connectivity index (χ1) is 18.4. The molecule has 1 aromatic heterocycles. The van der Waals surface area contributed by atoms with Gasteiger partial charge < -0.3 is 14.4 Å². The first kappa shape index (κ1) is 24.0. The van der Waals surface area contributed by atoms with E-state index in [0.717, 1.165) is 50.5 Å². The van der Waals surface area contributed by atoms with Crippen molar-refractivity contribution in [3.05, 3.63) is 64.8 Å². The van der Waals surface area contributed by atoms with Crippen molar-refractivity contribution in [2.75, 3.05) is 39.5 Å². The fourth-order valence-electron chi connectivity index (χ4n) is 5.86. The number of hydrogen-bond acceptors (Lipinski definition) is 7. The second-order valence-corrected chi connectivity index (χ2v) is 12.6. The van der Waals surface area contributed by atoms with E-state index in [0.29, 0.717) is 34.9 Å². The van der Waals surface area contributed by atoms with Crippen LogP contribution in [0.1, 0.15) is 33.6 Å². The zero-order valence-electron chi connectivity index (χ0n) is 21.3. The van der Waals surface area contributed by atoms with Crippen LogP contribution in [0.2, 0.25) is 0 Å². The number of aromatic nitrogens is 2. The number of rotatable bonds is 4. The number of carbonyl (C=O) groups is 1. The Morgan fingerprint density at radius 2 is 1.84 bits per heavy atom. The van der Waals surface area contributed by atoms with E-state index in [1.54, 1.807) is 10.7 Å². The predicted molar refractivity (Wildman–Crippen MR) is 140 cm³/mol. The first-order valence-electron chi connectivity index (χ1n) is 13.2. The van der Waals surface area contributed by atoms with Gasteiger partial charge in [0.1, 0.15) is 0 Å². The van der Waals surface area contributed by atoms with Gasteiger partial charge in [0, 0.05) is 37.3 Å². The molecule has 3 aromatic rings. The number of benzene rings is 2. The quantitative estimate of drug-likeness (QED) is 0.508. The molecule has 1 amide bonds. The monoisotopic (exact) mass is 534 g/mol. The van der Waals surface area contributed by atoms with Gasteiger partial charge in [0.05, 0.1) is 54.0 Å². The molecule has 2 aromatic carbocycles. The van der Waals surface area contributed by atoms with E-state index < -0.39 is 9.84 Å². The summed E-state index contributed by atoms with van der Waals surface area (Å²) in [5.41, 5.74) is 4.82. The number of nitrogens with zero attached hydrogens (tertiary/aromatic N) is 4. The van der Waals surface area contributed by atoms with Crippen molar-refractivity contribution in [3.8, 4) is 16.9 Å². The Morgan fingerprint density at radius 1 is 1.05 bits per heavy atom. The molecule has 7 rings (SSSR count). The average molecular weight is 535 g/mol. The SMILES string of the molecule is Cc1ccc2c(c1)S(=O)(=O)Cc1c(C(=O)N3CCO[C@@H]4C[C@@H]43)nn(-c3ccc(CN4CCOCC4)cc3)c1-2. The Labute approximate surface area is 221 Å². The molecule has 3 fully saturated rings. The molecule has 0 unspecified atom stereocenters. The summed E-state index contributed by atoms with van der Waals surface area (Å²) in [5, 5.41) is 4.82. The molecule has 2 atom stereocenters. The summed E-state index contributed by atoms with van der Waals surface area (Å²) in [5.74, 6) is -0.460. The summed E-state index contributed by atoms with van der Waals surface area (Å²) in [6, 6.07) is 13.7. The molecule has 2 saturated heterocycles. The molecule has 0 N–H and O–H groups in total. The van der Waals surface area contributed by atoms with E-state index in [1.165, 1.54) is 5.56 Å². The Bertz CT molecular complexity index is 1530. The lowest BCUT2D eigenvalue weighted by Gasteiger charge is -2.26. The molecule has 38 heavy (non-hydrogen) atoms. The van der Waals surface area contributed by atoms with Crippen LogP contribution in [0.5, 0.6) is 0 Å². The lowest BCUT2D eigenvalue weighted by Crippen LogP contribution is -2.41. The van der Waals surface area contributed by atoms with Gasteiger partial charge in [-0.2, -0.15) is 5.10 Å². The number of aryl methyl sites for hydroxylation is 1. The van der Waals surface area contributed by atoms with Crippen LogP contribution in [0.3, 0.4) is 0 Å². The smallest absolute Gasteiger partial charge is 0.275 e. The van der Waals surface area contributed by atoms with Gasteiger partial charge in [-0.15, -0.1) is 0 Å². The second kappa shape index (κ2) is 9.01. The molecule has 0 spiro atoms. The zero-order chi connectivity index (χ0) is 26.0. The van der Waals surface area contributed by atoms with Gasteiger partial charge >= 0.3 is 0 Å². The van der Waals surface area contributed by atoms with Crippen LogP contribution in [0.25, 0.3) is 16.9 Å². The van der Waals surface area contributed by atoms with Crippen LogP contribution in [0.15, 0.2) is 47.4 Å². The molecule has 10 heteroatoms. The number of ether oxygens (including phenoxy) is 2. The van der Waals surface area contributed by atoms with Gasteiger partial charge in [-0.05, 0) is 42.7 Å². The molecule has 0 bridgehead atoms. The standard InChI is InChI=1S/C28H30N4O5S/c1-18-2-7-21-25(14-18)38(34,35)17-22-26(28(33)31-10-13-37-24-15-23(24)31)29-32(27(21)22)20-5-3-19(4-6-20)16-30-8-11-36-12-9-30/h2-7,14,23-24H,8-13,15-17H2,1H3/t23-,24+/m0/s1. The van der Waals surface area contributed by atoms with Crippen LogP contribution >= 0.6 is 0 Å². The van der Waals surface area contributed by atoms with Gasteiger partial charge in [-0.3, -0.25) is 9.69 Å². The number of carbonyl (C=O) groups excluding carboxylic acids is 1. The molecule has 9 nitrogen and oxygen atoms in total. The molecule has 0 radical (unpaired) electrons. The van der Waals surface area contributed by atoms with Crippen LogP contribution in [-0.2, 0) is 31.6 Å². The Kier molecular flexibility index (Phi) is 5.70. The second-order valence-electron chi connectivity index (χ2n) is 10.6. The maximum atomic E-state index is 13.8. The van der Waals surface area contributed by atoms with Crippen LogP contribution in [0.4, 0.5) is 0 Å². The Morgan fingerprint density at radius 3 is 2.63 bits per heavy atom. The minimum absolute atomic E-state index is 0.0478. The Balaban J connectivity index is 1.32. The zero-order valence-corrected chi connectivity index (χ0v) is 22.1. The van der Waals surface area contributed by atoms with E-state index in [4.69, 9.17) is 14.6 Å². The van der Waals surface area contributed by atoms with Gasteiger partial charge in [-0.25, -0.2) is 13.1 Å². The van der Waals surface area contributed by atoms with E-state index in [1.807, 2.05) is 36.1 Å². The number of sulfone groups is 1. The summed E-state index contributed by atoms with van der Waals surface area (Å²) in [4.78, 5) is 18.3. The summed E-state index contributed by atoms with van der Waals surface area (Å²) >= 11 is 0. The summed E-state index contributed by atoms with van der Waals surface area (Å²) in [6.07, 6.45) is 0.900. The van der Waals surface area contributed by atoms with Crippen LogP contribution in [-0.4, -0.2) is 85.5 Å². The molecule has 4 aliphatic rings. The molecule has 3 aliphatic heterocycles. The first-order valence-corrected chi connectivity index (χ1v) is 14.8. The molecular formula is C28H30N4O5S. The van der Waals surface area contributed by atoms with Crippen molar-refractivity contribution in [2.24, 2.45) is 0 Å². The summed E-state index contributed by atoms with van der Waals surface area (Å²) in [6.45, 7) is 7.02. The van der Waals surface area contributed by atoms with Gasteiger partial charge in [0.2, 0.25) is 0 Å². The number of fused-ring (bicyclic) bond motifs is 4. The lowest BCUT2D eigenvalue weighted by molar-refractivity contribution is 0.0258. The third-order valence-electron chi connectivity index (χ3n) is 7.96. The normalized spacial score (nSPS) is 23.9. The molecular weight excluding hydrogens is 504 g/mol. The minimum atomic E-state index is -3.62. The van der Waals surface area contributed by atoms with E-state index >= 15 is 0 Å². The summed E-state index contributed by atoms with van der Waals surface area (Å²) < 4.78 is 39.7. The van der Waals surface area contributed by atoms with E-state index in [9.17, 15) is 13.2 Å². The van der Waals surface area contributed by atoms with E-state index in [2.05, 4.69) is 17.0 Å². The van der Waals surface area contributed by atoms with Gasteiger partial charge in [0.25, 0.3) is 5.91 Å². The minimum Gasteiger partial charge on any atom is -0.379 e. The number of hydrogen-bond donors (Lipinski definition) is 0. The third-order valence-corrected chi connectivity index (χ3v) is 9.64. The van der Waals surface area contributed by atoms with Gasteiger partial charge in [-0.1, -0.05) is 24.3 Å². The highest BCUT2D eigenvalue weighted by atomic mass is 32.2. The fourth-order valence-corrected chi connectivity index (χ4v) is 7.53. The van der Waals surface area contributed by atoms with Crippen LogP contribution < -0.4 is 0 Å². The van der Waals surface area contributed by atoms with Crippen molar-refractivity contribution < 1.29 is 22.7 Å². The van der Waals surface area contributed by atoms with Crippen molar-refractivity contribution in [3.63, 3.8) is 0 Å². The maximum Gasteiger partial charge on any atom is 0.275 e. The average Bonchev–Trinajstić information content (AvgIpc) is 3.63. The summed E-state index contributed by atoms with van der Waals surface area (Å²) in [7, 11) is -3.62. The van der Waals surface area contributed by atoms with Crippen molar-refractivity contribution >= 4 is 15.7 Å². The highest BCUT2D eigenvalue weighted by Gasteiger charge is 2.49. The predicted octanol–water partition coefficient (Wildman–Crippen LogP) is 2.58. The van der Waals surface area contributed by atoms with Crippen LogP contribution in [0, 0.1) is 6.92 Å². The van der Waals surface area contributed by atoms with Crippen molar-refractivity contribution in [1.82, 2.24) is 19.6 Å². The maximum absolute atomic E-state index is 13.8. The molecule has 1 saturated carbocycles. The lowest BCUT2D eigenvalue weighted by atomic mass is 10.0. The highest BCUT2D eigenvalue weighted by molar-refractivity contribution is 7.90. The highest BCUT2D eigenvalue weighted by Crippen LogP contribution is 2.42. The Hall–Kier alpha value is -3.05. The molecule has 4 heterocycles. The third kappa shape index (κ3) is 4.07. The fraction of sp³-hybridized carbons (Fsp3) is 0.429. The van der Waals surface area contributed by atoms with E-state index in [-0.39, 0.29) is 29.5 Å². The number of amides is 1. The van der Waals surface area contributed by atoms with Crippen molar-refractivity contribution in [2.45, 2.75) is 42.7 Å².